The Morgan fingerprint density at radius 1 is 1.36 bits per heavy atom. The normalized spacial score (nSPS) is 28.5. The molecule has 0 saturated carbocycles. The van der Waals surface area contributed by atoms with Crippen LogP contribution in [0.1, 0.15) is 18.6 Å². The molecule has 0 amide bonds. The van der Waals surface area contributed by atoms with Crippen molar-refractivity contribution in [2.75, 3.05) is 0 Å². The molecule has 0 aliphatic carbocycles. The zero-order valence-corrected chi connectivity index (χ0v) is 6.32. The van der Waals surface area contributed by atoms with E-state index in [1.807, 2.05) is 25.1 Å². The number of aromatic hydroxyl groups is 1. The van der Waals surface area contributed by atoms with Crippen molar-refractivity contribution in [1.29, 1.82) is 0 Å². The van der Waals surface area contributed by atoms with Crippen LogP contribution < -0.4 is 0 Å². The molecule has 1 aliphatic heterocycles. The molecule has 0 aromatic heterocycles. The molecule has 1 aromatic carbocycles. The van der Waals surface area contributed by atoms with Crippen LogP contribution in [0.4, 0.5) is 0 Å². The molecule has 11 heavy (non-hydrogen) atoms. The minimum atomic E-state index is 0.121. The number of phenolic OH excluding ortho intramolecular Hbond substituents is 1. The molecule has 1 N–H and O–H groups in total. The lowest BCUT2D eigenvalue weighted by Crippen LogP contribution is -1.83. The topological polar surface area (TPSA) is 32.8 Å². The van der Waals surface area contributed by atoms with E-state index in [4.69, 9.17) is 4.74 Å². The van der Waals surface area contributed by atoms with Gasteiger partial charge in [-0.3, -0.25) is 0 Å². The van der Waals surface area contributed by atoms with Gasteiger partial charge in [-0.1, -0.05) is 18.2 Å². The van der Waals surface area contributed by atoms with E-state index in [1.54, 1.807) is 6.07 Å². The molecule has 1 aromatic rings. The van der Waals surface area contributed by atoms with Crippen LogP contribution in [-0.4, -0.2) is 11.2 Å². The number of hydrogen-bond donors (Lipinski definition) is 1. The first kappa shape index (κ1) is 6.68. The summed E-state index contributed by atoms with van der Waals surface area (Å²) in [5.41, 5.74) is 0.903. The summed E-state index contributed by atoms with van der Waals surface area (Å²) >= 11 is 0. The fourth-order valence-electron chi connectivity index (χ4n) is 1.24. The van der Waals surface area contributed by atoms with Crippen molar-refractivity contribution in [3.05, 3.63) is 29.8 Å². The molecule has 2 nitrogen and oxygen atoms in total. The van der Waals surface area contributed by atoms with Crippen LogP contribution in [0.25, 0.3) is 0 Å². The summed E-state index contributed by atoms with van der Waals surface area (Å²) in [6.45, 7) is 2.00. The second-order valence-electron chi connectivity index (χ2n) is 2.82. The summed E-state index contributed by atoms with van der Waals surface area (Å²) in [5.74, 6) is 0.335. The van der Waals surface area contributed by atoms with Crippen LogP contribution >= 0.6 is 0 Å². The minimum Gasteiger partial charge on any atom is -0.508 e. The quantitative estimate of drug-likeness (QED) is 0.620. The summed E-state index contributed by atoms with van der Waals surface area (Å²) < 4.78 is 5.22. The molecule has 58 valence electrons. The SMILES string of the molecule is C[C@@H]1O[C@H]1c1ccccc1O. The number of phenols is 1. The van der Waals surface area contributed by atoms with Crippen molar-refractivity contribution >= 4 is 0 Å². The highest BCUT2D eigenvalue weighted by Gasteiger charge is 2.37. The molecule has 2 heteroatoms. The summed E-state index contributed by atoms with van der Waals surface area (Å²) in [5, 5.41) is 9.36. The van der Waals surface area contributed by atoms with Crippen LogP contribution in [0.15, 0.2) is 24.3 Å². The van der Waals surface area contributed by atoms with Crippen LogP contribution in [0, 0.1) is 0 Å². The Morgan fingerprint density at radius 3 is 2.55 bits per heavy atom. The van der Waals surface area contributed by atoms with Gasteiger partial charge in [0.15, 0.2) is 0 Å². The zero-order valence-electron chi connectivity index (χ0n) is 6.32. The molecule has 1 aliphatic rings. The minimum absolute atomic E-state index is 0.121. The first-order chi connectivity index (χ1) is 5.29. The Hall–Kier alpha value is -1.02. The molecule has 2 rings (SSSR count). The molecule has 0 radical (unpaired) electrons. The average molecular weight is 150 g/mol. The van der Waals surface area contributed by atoms with Gasteiger partial charge >= 0.3 is 0 Å². The van der Waals surface area contributed by atoms with Crippen molar-refractivity contribution in [3.8, 4) is 5.75 Å². The predicted octanol–water partition coefficient (Wildman–Crippen LogP) is 1.85. The van der Waals surface area contributed by atoms with Crippen LogP contribution in [0.3, 0.4) is 0 Å². The highest BCUT2D eigenvalue weighted by Crippen LogP contribution is 2.41. The lowest BCUT2D eigenvalue weighted by Gasteiger charge is -1.97. The van der Waals surface area contributed by atoms with E-state index in [1.165, 1.54) is 0 Å². The van der Waals surface area contributed by atoms with Crippen LogP contribution in [0.2, 0.25) is 0 Å². The standard InChI is InChI=1S/C9H10O2/c1-6-9(11-6)7-4-2-3-5-8(7)10/h2-6,9-10H,1H3/t6-,9+/m0/s1. The van der Waals surface area contributed by atoms with Crippen molar-refractivity contribution in [3.63, 3.8) is 0 Å². The summed E-state index contributed by atoms with van der Waals surface area (Å²) in [7, 11) is 0. The summed E-state index contributed by atoms with van der Waals surface area (Å²) in [4.78, 5) is 0. The number of ether oxygens (including phenoxy) is 1. The molecule has 1 saturated heterocycles. The van der Waals surface area contributed by atoms with Crippen LogP contribution in [0.5, 0.6) is 5.75 Å². The lowest BCUT2D eigenvalue weighted by molar-refractivity contribution is 0.375. The van der Waals surface area contributed by atoms with Gasteiger partial charge in [-0.05, 0) is 13.0 Å². The second-order valence-corrected chi connectivity index (χ2v) is 2.82. The smallest absolute Gasteiger partial charge is 0.121 e. The molecule has 0 bridgehead atoms. The van der Waals surface area contributed by atoms with Gasteiger partial charge in [0.05, 0.1) is 6.10 Å². The summed E-state index contributed by atoms with van der Waals surface area (Å²) in [6.07, 6.45) is 0.388. The number of rotatable bonds is 1. The molecular weight excluding hydrogens is 140 g/mol. The van der Waals surface area contributed by atoms with Gasteiger partial charge in [0.2, 0.25) is 0 Å². The van der Waals surface area contributed by atoms with Gasteiger partial charge < -0.3 is 9.84 Å². The highest BCUT2D eigenvalue weighted by molar-refractivity contribution is 5.36. The van der Waals surface area contributed by atoms with Crippen molar-refractivity contribution < 1.29 is 9.84 Å². The fourth-order valence-corrected chi connectivity index (χ4v) is 1.24. The third-order valence-electron chi connectivity index (χ3n) is 1.95. The molecule has 1 fully saturated rings. The van der Waals surface area contributed by atoms with Crippen LogP contribution in [-0.2, 0) is 4.74 Å². The zero-order chi connectivity index (χ0) is 7.84. The highest BCUT2D eigenvalue weighted by atomic mass is 16.6. The number of hydrogen-bond acceptors (Lipinski definition) is 2. The van der Waals surface area contributed by atoms with Gasteiger partial charge in [-0.2, -0.15) is 0 Å². The van der Waals surface area contributed by atoms with Gasteiger partial charge in [-0.15, -0.1) is 0 Å². The summed E-state index contributed by atoms with van der Waals surface area (Å²) in [6, 6.07) is 7.29. The Bertz CT molecular complexity index is 270. The fraction of sp³-hybridized carbons (Fsp3) is 0.333. The third-order valence-corrected chi connectivity index (χ3v) is 1.95. The molecular formula is C9H10O2. The maximum atomic E-state index is 9.36. The van der Waals surface area contributed by atoms with E-state index in [0.29, 0.717) is 5.75 Å². The number of epoxide rings is 1. The predicted molar refractivity (Wildman–Crippen MR) is 41.4 cm³/mol. The van der Waals surface area contributed by atoms with E-state index >= 15 is 0 Å². The first-order valence-electron chi connectivity index (χ1n) is 3.72. The van der Waals surface area contributed by atoms with Gasteiger partial charge in [0, 0.05) is 5.56 Å². The Morgan fingerprint density at radius 2 is 2.00 bits per heavy atom. The van der Waals surface area contributed by atoms with E-state index in [9.17, 15) is 5.11 Å². The molecule has 2 atom stereocenters. The lowest BCUT2D eigenvalue weighted by atomic mass is 10.1. The molecule has 1 heterocycles. The maximum Gasteiger partial charge on any atom is 0.121 e. The molecule has 0 unspecified atom stereocenters. The van der Waals surface area contributed by atoms with Crippen molar-refractivity contribution in [2.24, 2.45) is 0 Å². The largest absolute Gasteiger partial charge is 0.508 e. The Balaban J connectivity index is 2.31. The Labute approximate surface area is 65.4 Å². The van der Waals surface area contributed by atoms with E-state index in [-0.39, 0.29) is 12.2 Å². The van der Waals surface area contributed by atoms with Gasteiger partial charge in [-0.25, -0.2) is 0 Å². The Kier molecular flexibility index (Phi) is 1.36. The first-order valence-corrected chi connectivity index (χ1v) is 3.72. The van der Waals surface area contributed by atoms with E-state index in [2.05, 4.69) is 0 Å². The monoisotopic (exact) mass is 150 g/mol. The van der Waals surface area contributed by atoms with Gasteiger partial charge in [0.1, 0.15) is 11.9 Å². The average Bonchev–Trinajstić information content (AvgIpc) is 2.68. The second kappa shape index (κ2) is 2.24. The number of para-hydroxylation sites is 1. The molecule has 0 spiro atoms. The third kappa shape index (κ3) is 1.10. The van der Waals surface area contributed by atoms with E-state index in [0.717, 1.165) is 5.56 Å². The maximum absolute atomic E-state index is 9.36. The van der Waals surface area contributed by atoms with Crippen molar-refractivity contribution in [1.82, 2.24) is 0 Å². The van der Waals surface area contributed by atoms with Gasteiger partial charge in [0.25, 0.3) is 0 Å². The van der Waals surface area contributed by atoms with Crippen molar-refractivity contribution in [2.45, 2.75) is 19.1 Å². The number of benzene rings is 1. The van der Waals surface area contributed by atoms with E-state index < -0.39 is 0 Å².